The third-order valence-corrected chi connectivity index (χ3v) is 1.20. The standard InChI is InChI=1S/C6H7BN2O2/c1-11-4-9-5(3-10)2-6(7)8-9/h2-3H,4H2,1H3. The molecule has 0 saturated heterocycles. The zero-order chi connectivity index (χ0) is 8.27. The first-order valence-corrected chi connectivity index (χ1v) is 3.05. The smallest absolute Gasteiger partial charge is 0.168 e. The van der Waals surface area contributed by atoms with Gasteiger partial charge in [-0.2, -0.15) is 5.10 Å². The number of aldehydes is 1. The van der Waals surface area contributed by atoms with Crippen LogP contribution in [0.2, 0.25) is 0 Å². The molecule has 56 valence electrons. The summed E-state index contributed by atoms with van der Waals surface area (Å²) >= 11 is 0. The molecule has 5 heteroatoms. The molecule has 0 aliphatic rings. The molecule has 0 fully saturated rings. The number of hydrogen-bond donors (Lipinski definition) is 0. The van der Waals surface area contributed by atoms with E-state index in [2.05, 4.69) is 5.10 Å². The van der Waals surface area contributed by atoms with Crippen LogP contribution in [-0.4, -0.2) is 31.0 Å². The van der Waals surface area contributed by atoms with E-state index in [1.807, 2.05) is 0 Å². The minimum atomic E-state index is 0.241. The maximum absolute atomic E-state index is 10.3. The van der Waals surface area contributed by atoms with E-state index < -0.39 is 0 Å². The van der Waals surface area contributed by atoms with Crippen molar-refractivity contribution in [2.75, 3.05) is 7.11 Å². The van der Waals surface area contributed by atoms with Crippen LogP contribution in [0.1, 0.15) is 10.5 Å². The Balaban J connectivity index is 2.92. The molecular weight excluding hydrogens is 143 g/mol. The lowest BCUT2D eigenvalue weighted by Gasteiger charge is -1.99. The van der Waals surface area contributed by atoms with Crippen molar-refractivity contribution in [3.05, 3.63) is 11.8 Å². The van der Waals surface area contributed by atoms with Crippen molar-refractivity contribution < 1.29 is 9.53 Å². The summed E-state index contributed by atoms with van der Waals surface area (Å²) in [5.74, 6) is 0. The first-order chi connectivity index (χ1) is 5.27. The van der Waals surface area contributed by atoms with E-state index in [1.165, 1.54) is 17.9 Å². The summed E-state index contributed by atoms with van der Waals surface area (Å²) in [5, 5.41) is 3.81. The molecule has 11 heavy (non-hydrogen) atoms. The molecule has 0 aliphatic heterocycles. The second-order valence-electron chi connectivity index (χ2n) is 2.03. The molecule has 0 aromatic carbocycles. The van der Waals surface area contributed by atoms with Gasteiger partial charge in [0, 0.05) is 12.7 Å². The van der Waals surface area contributed by atoms with Crippen LogP contribution in [0.15, 0.2) is 6.07 Å². The number of hydrogen-bond acceptors (Lipinski definition) is 3. The van der Waals surface area contributed by atoms with E-state index >= 15 is 0 Å². The fraction of sp³-hybridized carbons (Fsp3) is 0.333. The largest absolute Gasteiger partial charge is 0.362 e. The van der Waals surface area contributed by atoms with Gasteiger partial charge in [0.25, 0.3) is 0 Å². The van der Waals surface area contributed by atoms with Gasteiger partial charge in [0.05, 0.1) is 0 Å². The van der Waals surface area contributed by atoms with Gasteiger partial charge in [-0.1, -0.05) is 0 Å². The van der Waals surface area contributed by atoms with Crippen LogP contribution in [0, 0.1) is 0 Å². The van der Waals surface area contributed by atoms with Crippen LogP contribution in [-0.2, 0) is 11.5 Å². The van der Waals surface area contributed by atoms with Gasteiger partial charge in [-0.05, 0) is 6.07 Å². The van der Waals surface area contributed by atoms with Crippen LogP contribution in [0.25, 0.3) is 0 Å². The highest BCUT2D eigenvalue weighted by Gasteiger charge is 2.01. The zero-order valence-electron chi connectivity index (χ0n) is 6.15. The van der Waals surface area contributed by atoms with Crippen LogP contribution >= 0.6 is 0 Å². The summed E-state index contributed by atoms with van der Waals surface area (Å²) in [5.41, 5.74) is 0.744. The third kappa shape index (κ3) is 1.68. The highest BCUT2D eigenvalue weighted by molar-refractivity contribution is 6.30. The maximum atomic E-state index is 10.3. The Morgan fingerprint density at radius 3 is 3.18 bits per heavy atom. The van der Waals surface area contributed by atoms with Gasteiger partial charge >= 0.3 is 0 Å². The second kappa shape index (κ2) is 3.34. The molecule has 0 aliphatic carbocycles. The fourth-order valence-electron chi connectivity index (χ4n) is 0.773. The first-order valence-electron chi connectivity index (χ1n) is 3.05. The lowest BCUT2D eigenvalue weighted by Crippen LogP contribution is -2.09. The summed E-state index contributed by atoms with van der Waals surface area (Å²) in [6.07, 6.45) is 0.683. The number of carbonyl (C=O) groups is 1. The highest BCUT2D eigenvalue weighted by Crippen LogP contribution is 1.91. The fourth-order valence-corrected chi connectivity index (χ4v) is 0.773. The molecule has 0 amide bonds. The summed E-state index contributed by atoms with van der Waals surface area (Å²) in [7, 11) is 6.86. The van der Waals surface area contributed by atoms with Crippen molar-refractivity contribution in [2.45, 2.75) is 6.73 Å². The molecule has 0 atom stereocenters. The van der Waals surface area contributed by atoms with Crippen molar-refractivity contribution in [1.29, 1.82) is 0 Å². The molecule has 0 N–H and O–H groups in total. The minimum absolute atomic E-state index is 0.241. The Kier molecular flexibility index (Phi) is 2.43. The number of rotatable bonds is 3. The van der Waals surface area contributed by atoms with E-state index in [9.17, 15) is 4.79 Å². The monoisotopic (exact) mass is 150 g/mol. The van der Waals surface area contributed by atoms with E-state index in [4.69, 9.17) is 12.6 Å². The molecular formula is C6H7BN2O2. The van der Waals surface area contributed by atoms with Gasteiger partial charge < -0.3 is 4.74 Å². The predicted octanol–water partition coefficient (Wildman–Crippen LogP) is -0.907. The SMILES string of the molecule is [B]c1cc(C=O)n(COC)n1. The lowest BCUT2D eigenvalue weighted by atomic mass is 10.1. The average molecular weight is 150 g/mol. The zero-order valence-corrected chi connectivity index (χ0v) is 6.15. The van der Waals surface area contributed by atoms with Crippen molar-refractivity contribution in [2.24, 2.45) is 0 Å². The third-order valence-electron chi connectivity index (χ3n) is 1.20. The van der Waals surface area contributed by atoms with Gasteiger partial charge in [-0.3, -0.25) is 4.79 Å². The van der Waals surface area contributed by atoms with Crippen LogP contribution in [0.4, 0.5) is 0 Å². The number of methoxy groups -OCH3 is 1. The van der Waals surface area contributed by atoms with Crippen LogP contribution in [0.3, 0.4) is 0 Å². The van der Waals surface area contributed by atoms with Gasteiger partial charge in [-0.25, -0.2) is 4.68 Å². The Morgan fingerprint density at radius 1 is 1.91 bits per heavy atom. The molecule has 1 aromatic rings. The maximum Gasteiger partial charge on any atom is 0.168 e. The van der Waals surface area contributed by atoms with Gasteiger partial charge in [0.1, 0.15) is 20.3 Å². The molecule has 1 heterocycles. The normalized spacial score (nSPS) is 9.91. The second-order valence-corrected chi connectivity index (χ2v) is 2.03. The van der Waals surface area contributed by atoms with E-state index in [1.54, 1.807) is 0 Å². The Morgan fingerprint density at radius 2 is 2.64 bits per heavy atom. The van der Waals surface area contributed by atoms with Gasteiger partial charge in [0.15, 0.2) is 6.29 Å². The van der Waals surface area contributed by atoms with Crippen molar-refractivity contribution >= 4 is 19.7 Å². The quantitative estimate of drug-likeness (QED) is 0.414. The molecule has 0 bridgehead atoms. The topological polar surface area (TPSA) is 44.1 Å². The molecule has 0 saturated carbocycles. The molecule has 1 aromatic heterocycles. The van der Waals surface area contributed by atoms with Crippen molar-refractivity contribution in [3.63, 3.8) is 0 Å². The molecule has 1 rings (SSSR count). The van der Waals surface area contributed by atoms with E-state index in [0.29, 0.717) is 17.6 Å². The van der Waals surface area contributed by atoms with E-state index in [0.717, 1.165) is 0 Å². The molecule has 4 nitrogen and oxygen atoms in total. The molecule has 0 spiro atoms. The van der Waals surface area contributed by atoms with Gasteiger partial charge in [0.2, 0.25) is 0 Å². The Hall–Kier alpha value is -1.10. The Labute approximate surface area is 65.6 Å². The summed E-state index contributed by atoms with van der Waals surface area (Å²) in [4.78, 5) is 10.3. The van der Waals surface area contributed by atoms with E-state index in [-0.39, 0.29) is 6.73 Å². The number of ether oxygens (including phenoxy) is 1. The predicted molar refractivity (Wildman–Crippen MR) is 40.0 cm³/mol. The van der Waals surface area contributed by atoms with Crippen molar-refractivity contribution in [1.82, 2.24) is 9.78 Å². The molecule has 2 radical (unpaired) electrons. The van der Waals surface area contributed by atoms with Crippen LogP contribution < -0.4 is 5.59 Å². The summed E-state index contributed by atoms with van der Waals surface area (Å²) in [6, 6.07) is 1.49. The number of carbonyl (C=O) groups excluding carboxylic acids is 1. The lowest BCUT2D eigenvalue weighted by molar-refractivity contribution is 0.104. The first kappa shape index (κ1) is 8.01. The highest BCUT2D eigenvalue weighted by atomic mass is 16.5. The average Bonchev–Trinajstić information content (AvgIpc) is 2.32. The molecule has 0 unspecified atom stereocenters. The summed E-state index contributed by atoms with van der Waals surface area (Å²) < 4.78 is 6.16. The van der Waals surface area contributed by atoms with Crippen LogP contribution in [0.5, 0.6) is 0 Å². The summed E-state index contributed by atoms with van der Waals surface area (Å²) in [6.45, 7) is 0.241. The van der Waals surface area contributed by atoms with Crippen molar-refractivity contribution in [3.8, 4) is 0 Å². The van der Waals surface area contributed by atoms with Gasteiger partial charge in [-0.15, -0.1) is 0 Å². The number of nitrogens with zero attached hydrogens (tertiary/aromatic N) is 2. The number of aromatic nitrogens is 2. The Bertz CT molecular complexity index is 259. The minimum Gasteiger partial charge on any atom is -0.362 e.